The molecule has 2 rings (SSSR count). The molecule has 0 spiro atoms. The van der Waals surface area contributed by atoms with E-state index >= 15 is 0 Å². The summed E-state index contributed by atoms with van der Waals surface area (Å²) < 4.78 is 47.5. The Morgan fingerprint density at radius 2 is 1.76 bits per heavy atom. The topological polar surface area (TPSA) is 54.0 Å². The van der Waals surface area contributed by atoms with E-state index in [9.17, 15) is 18.0 Å². The molecule has 0 atom stereocenters. The molecule has 9 heteroatoms. The summed E-state index contributed by atoms with van der Waals surface area (Å²) in [5, 5.41) is 2.77. The Morgan fingerprint density at radius 3 is 2.32 bits per heavy atom. The van der Waals surface area contributed by atoms with Crippen LogP contribution in [0.15, 0.2) is 18.2 Å². The van der Waals surface area contributed by atoms with Crippen LogP contribution in [-0.2, 0) is 6.54 Å². The zero-order valence-corrected chi connectivity index (χ0v) is 14.2. The second-order valence-electron chi connectivity index (χ2n) is 5.73. The van der Waals surface area contributed by atoms with E-state index in [2.05, 4.69) is 5.32 Å². The Hall–Kier alpha value is -2.16. The van der Waals surface area contributed by atoms with Crippen molar-refractivity contribution in [1.29, 1.82) is 0 Å². The molecule has 1 saturated heterocycles. The highest BCUT2D eigenvalue weighted by atomic mass is 19.4. The lowest BCUT2D eigenvalue weighted by Crippen LogP contribution is -2.53. The summed E-state index contributed by atoms with van der Waals surface area (Å²) in [6.07, 6.45) is -4.21. The zero-order chi connectivity index (χ0) is 18.4. The van der Waals surface area contributed by atoms with Crippen LogP contribution in [0.4, 0.5) is 18.0 Å². The fourth-order valence-corrected chi connectivity index (χ4v) is 2.64. The fourth-order valence-electron chi connectivity index (χ4n) is 2.64. The number of alkyl halides is 3. The predicted molar refractivity (Wildman–Crippen MR) is 85.8 cm³/mol. The van der Waals surface area contributed by atoms with Gasteiger partial charge in [-0.3, -0.25) is 4.90 Å². The number of amides is 2. The van der Waals surface area contributed by atoms with Crippen molar-refractivity contribution in [3.8, 4) is 11.5 Å². The number of carbonyl (C=O) groups excluding carboxylic acids is 1. The number of urea groups is 1. The van der Waals surface area contributed by atoms with Crippen LogP contribution in [0.5, 0.6) is 11.5 Å². The van der Waals surface area contributed by atoms with Crippen LogP contribution < -0.4 is 14.8 Å². The van der Waals surface area contributed by atoms with Crippen molar-refractivity contribution >= 4 is 6.03 Å². The van der Waals surface area contributed by atoms with Crippen molar-refractivity contribution in [2.45, 2.75) is 12.7 Å². The summed E-state index contributed by atoms with van der Waals surface area (Å²) in [6.45, 7) is 0.324. The minimum absolute atomic E-state index is 0.212. The van der Waals surface area contributed by atoms with Crippen LogP contribution in [-0.4, -0.2) is 69.0 Å². The van der Waals surface area contributed by atoms with Gasteiger partial charge in [-0.15, -0.1) is 0 Å². The van der Waals surface area contributed by atoms with Crippen LogP contribution >= 0.6 is 0 Å². The van der Waals surface area contributed by atoms with E-state index in [-0.39, 0.29) is 32.2 Å². The SMILES string of the molecule is COc1ccc(CNC(=O)N2CCN(CC(F)(F)F)CC2)cc1OC. The predicted octanol–water partition coefficient (Wildman–Crippen LogP) is 2.09. The first-order chi connectivity index (χ1) is 11.8. The molecule has 1 aliphatic heterocycles. The monoisotopic (exact) mass is 361 g/mol. The van der Waals surface area contributed by atoms with Gasteiger partial charge in [0.1, 0.15) is 0 Å². The van der Waals surface area contributed by atoms with Crippen molar-refractivity contribution in [3.05, 3.63) is 23.8 Å². The Labute approximate surface area is 144 Å². The minimum Gasteiger partial charge on any atom is -0.493 e. The molecule has 0 unspecified atom stereocenters. The molecule has 140 valence electrons. The summed E-state index contributed by atoms with van der Waals surface area (Å²) in [6, 6.07) is 5.03. The van der Waals surface area contributed by atoms with Crippen molar-refractivity contribution in [2.24, 2.45) is 0 Å². The summed E-state index contributed by atoms with van der Waals surface area (Å²) in [7, 11) is 3.07. The number of halogens is 3. The number of benzene rings is 1. The third-order valence-corrected chi connectivity index (χ3v) is 3.95. The molecule has 2 amide bonds. The van der Waals surface area contributed by atoms with Gasteiger partial charge in [-0.1, -0.05) is 6.07 Å². The van der Waals surface area contributed by atoms with Crippen LogP contribution in [0.3, 0.4) is 0 Å². The molecule has 1 heterocycles. The highest BCUT2D eigenvalue weighted by Gasteiger charge is 2.32. The van der Waals surface area contributed by atoms with Crippen LogP contribution in [0.25, 0.3) is 0 Å². The van der Waals surface area contributed by atoms with Crippen molar-refractivity contribution < 1.29 is 27.4 Å². The van der Waals surface area contributed by atoms with E-state index in [4.69, 9.17) is 9.47 Å². The number of hydrogen-bond acceptors (Lipinski definition) is 4. The zero-order valence-electron chi connectivity index (χ0n) is 14.2. The highest BCUT2D eigenvalue weighted by molar-refractivity contribution is 5.74. The van der Waals surface area contributed by atoms with Gasteiger partial charge in [0.15, 0.2) is 11.5 Å². The number of rotatable bonds is 5. The van der Waals surface area contributed by atoms with E-state index in [1.807, 2.05) is 6.07 Å². The van der Waals surface area contributed by atoms with Gasteiger partial charge in [-0.05, 0) is 17.7 Å². The number of ether oxygens (including phenoxy) is 2. The average molecular weight is 361 g/mol. The summed E-state index contributed by atoms with van der Waals surface area (Å²) >= 11 is 0. The van der Waals surface area contributed by atoms with E-state index < -0.39 is 12.7 Å². The lowest BCUT2D eigenvalue weighted by Gasteiger charge is -2.34. The number of hydrogen-bond donors (Lipinski definition) is 1. The molecule has 1 aromatic rings. The average Bonchev–Trinajstić information content (AvgIpc) is 2.58. The molecule has 1 N–H and O–H groups in total. The first-order valence-electron chi connectivity index (χ1n) is 7.85. The second kappa shape index (κ2) is 8.28. The van der Waals surface area contributed by atoms with Gasteiger partial charge < -0.3 is 19.7 Å². The van der Waals surface area contributed by atoms with Crippen molar-refractivity contribution in [3.63, 3.8) is 0 Å². The number of carbonyl (C=O) groups is 1. The maximum atomic E-state index is 12.4. The number of nitrogens with one attached hydrogen (secondary N) is 1. The lowest BCUT2D eigenvalue weighted by molar-refractivity contribution is -0.148. The Kier molecular flexibility index (Phi) is 6.35. The van der Waals surface area contributed by atoms with Crippen LogP contribution in [0.2, 0.25) is 0 Å². The summed E-state index contributed by atoms with van der Waals surface area (Å²) in [5.41, 5.74) is 0.835. The standard InChI is InChI=1S/C16H22F3N3O3/c1-24-13-4-3-12(9-14(13)25-2)10-20-15(23)22-7-5-21(6-8-22)11-16(17,18)19/h3-4,9H,5-8,10-11H2,1-2H3,(H,20,23). The van der Waals surface area contributed by atoms with Gasteiger partial charge in [0.25, 0.3) is 0 Å². The first kappa shape index (κ1) is 19.2. The molecule has 1 fully saturated rings. The summed E-state index contributed by atoms with van der Waals surface area (Å²) in [4.78, 5) is 15.0. The smallest absolute Gasteiger partial charge is 0.401 e. The van der Waals surface area contributed by atoms with Gasteiger partial charge in [0, 0.05) is 32.7 Å². The highest BCUT2D eigenvalue weighted by Crippen LogP contribution is 2.27. The van der Waals surface area contributed by atoms with Gasteiger partial charge in [0.05, 0.1) is 20.8 Å². The Morgan fingerprint density at radius 1 is 1.12 bits per heavy atom. The summed E-state index contributed by atoms with van der Waals surface area (Å²) in [5.74, 6) is 1.16. The third-order valence-electron chi connectivity index (χ3n) is 3.95. The van der Waals surface area contributed by atoms with Gasteiger partial charge in [-0.2, -0.15) is 13.2 Å². The van der Waals surface area contributed by atoms with Crippen LogP contribution in [0.1, 0.15) is 5.56 Å². The van der Waals surface area contributed by atoms with Gasteiger partial charge in [0.2, 0.25) is 0 Å². The van der Waals surface area contributed by atoms with E-state index in [1.165, 1.54) is 24.0 Å². The molecular formula is C16H22F3N3O3. The number of nitrogens with zero attached hydrogens (tertiary/aromatic N) is 2. The van der Waals surface area contributed by atoms with Crippen molar-refractivity contribution in [2.75, 3.05) is 46.9 Å². The lowest BCUT2D eigenvalue weighted by atomic mass is 10.2. The van der Waals surface area contributed by atoms with E-state index in [0.29, 0.717) is 18.0 Å². The molecule has 25 heavy (non-hydrogen) atoms. The molecule has 0 aromatic heterocycles. The molecule has 0 saturated carbocycles. The molecule has 1 aromatic carbocycles. The maximum absolute atomic E-state index is 12.4. The molecular weight excluding hydrogens is 339 g/mol. The third kappa shape index (κ3) is 5.70. The number of piperazine rings is 1. The van der Waals surface area contributed by atoms with E-state index in [0.717, 1.165) is 5.56 Å². The molecule has 0 radical (unpaired) electrons. The fraction of sp³-hybridized carbons (Fsp3) is 0.562. The molecule has 0 aliphatic carbocycles. The maximum Gasteiger partial charge on any atom is 0.401 e. The van der Waals surface area contributed by atoms with Crippen molar-refractivity contribution in [1.82, 2.24) is 15.1 Å². The quantitative estimate of drug-likeness (QED) is 0.873. The normalized spacial score (nSPS) is 15.8. The molecule has 6 nitrogen and oxygen atoms in total. The minimum atomic E-state index is -4.21. The second-order valence-corrected chi connectivity index (χ2v) is 5.73. The van der Waals surface area contributed by atoms with Crippen LogP contribution in [0, 0.1) is 0 Å². The molecule has 1 aliphatic rings. The Bertz CT molecular complexity index is 588. The van der Waals surface area contributed by atoms with Gasteiger partial charge in [-0.25, -0.2) is 4.79 Å². The first-order valence-corrected chi connectivity index (χ1v) is 7.85. The largest absolute Gasteiger partial charge is 0.493 e. The molecule has 0 bridgehead atoms. The Balaban J connectivity index is 1.81. The van der Waals surface area contributed by atoms with Gasteiger partial charge >= 0.3 is 12.2 Å². The number of methoxy groups -OCH3 is 2. The van der Waals surface area contributed by atoms with E-state index in [1.54, 1.807) is 12.1 Å².